The summed E-state index contributed by atoms with van der Waals surface area (Å²) in [5.41, 5.74) is 0.579. The van der Waals surface area contributed by atoms with Gasteiger partial charge in [-0.25, -0.2) is 0 Å². The third-order valence-electron chi connectivity index (χ3n) is 4.91. The topological polar surface area (TPSA) is 12.0 Å². The molecule has 102 valence electrons. The lowest BCUT2D eigenvalue weighted by Gasteiger charge is -2.42. The normalized spacial score (nSPS) is 18.9. The Morgan fingerprint density at radius 1 is 1.06 bits per heavy atom. The summed E-state index contributed by atoms with van der Waals surface area (Å²) in [6, 6.07) is 0. The van der Waals surface area contributed by atoms with Gasteiger partial charge in [0.2, 0.25) is 0 Å². The SMILES string of the molecule is CCC(CC)(CNCC(C)C)C1CCCCC1. The molecule has 1 saturated carbocycles. The fraction of sp³-hybridized carbons (Fsp3) is 1.00. The van der Waals surface area contributed by atoms with E-state index in [-0.39, 0.29) is 0 Å². The molecule has 0 heterocycles. The van der Waals surface area contributed by atoms with E-state index in [2.05, 4.69) is 33.0 Å². The molecular weight excluding hydrogens is 206 g/mol. The van der Waals surface area contributed by atoms with Gasteiger partial charge in [-0.05, 0) is 49.5 Å². The summed E-state index contributed by atoms with van der Waals surface area (Å²) >= 11 is 0. The van der Waals surface area contributed by atoms with E-state index in [0.717, 1.165) is 11.8 Å². The predicted octanol–water partition coefficient (Wildman–Crippen LogP) is 4.62. The van der Waals surface area contributed by atoms with Crippen LogP contribution in [-0.2, 0) is 0 Å². The van der Waals surface area contributed by atoms with Gasteiger partial charge >= 0.3 is 0 Å². The van der Waals surface area contributed by atoms with Gasteiger partial charge in [0.25, 0.3) is 0 Å². The monoisotopic (exact) mass is 239 g/mol. The average molecular weight is 239 g/mol. The second kappa shape index (κ2) is 7.41. The molecule has 0 aromatic carbocycles. The number of hydrogen-bond acceptors (Lipinski definition) is 1. The van der Waals surface area contributed by atoms with Gasteiger partial charge in [0.05, 0.1) is 0 Å². The maximum atomic E-state index is 3.72. The molecule has 0 amide bonds. The quantitative estimate of drug-likeness (QED) is 0.683. The summed E-state index contributed by atoms with van der Waals surface area (Å²) in [4.78, 5) is 0. The van der Waals surface area contributed by atoms with Crippen molar-refractivity contribution in [2.24, 2.45) is 17.3 Å². The maximum absolute atomic E-state index is 3.72. The zero-order valence-corrected chi connectivity index (χ0v) is 12.5. The van der Waals surface area contributed by atoms with Crippen molar-refractivity contribution in [2.45, 2.75) is 72.6 Å². The van der Waals surface area contributed by atoms with Crippen molar-refractivity contribution in [3.05, 3.63) is 0 Å². The predicted molar refractivity (Wildman–Crippen MR) is 77.3 cm³/mol. The molecule has 1 nitrogen and oxygen atoms in total. The third-order valence-corrected chi connectivity index (χ3v) is 4.91. The van der Waals surface area contributed by atoms with E-state index in [1.807, 2.05) is 0 Å². The van der Waals surface area contributed by atoms with Crippen molar-refractivity contribution in [2.75, 3.05) is 13.1 Å². The minimum absolute atomic E-state index is 0.579. The molecule has 0 atom stereocenters. The van der Waals surface area contributed by atoms with E-state index in [1.54, 1.807) is 0 Å². The summed E-state index contributed by atoms with van der Waals surface area (Å²) < 4.78 is 0. The van der Waals surface area contributed by atoms with Gasteiger partial charge in [-0.15, -0.1) is 0 Å². The van der Waals surface area contributed by atoms with E-state index in [4.69, 9.17) is 0 Å². The Bertz CT molecular complexity index is 188. The fourth-order valence-electron chi connectivity index (χ4n) is 3.55. The van der Waals surface area contributed by atoms with Crippen LogP contribution in [0.25, 0.3) is 0 Å². The smallest absolute Gasteiger partial charge is 0.00104 e. The Labute approximate surface area is 109 Å². The molecule has 1 aliphatic rings. The highest BCUT2D eigenvalue weighted by atomic mass is 14.9. The van der Waals surface area contributed by atoms with Crippen molar-refractivity contribution in [3.8, 4) is 0 Å². The highest BCUT2D eigenvalue weighted by Crippen LogP contribution is 2.43. The molecule has 0 radical (unpaired) electrons. The van der Waals surface area contributed by atoms with Crippen LogP contribution in [-0.4, -0.2) is 13.1 Å². The third kappa shape index (κ3) is 4.28. The van der Waals surface area contributed by atoms with E-state index in [0.29, 0.717) is 5.41 Å². The average Bonchev–Trinajstić information content (AvgIpc) is 2.36. The first-order chi connectivity index (χ1) is 8.14. The van der Waals surface area contributed by atoms with Gasteiger partial charge < -0.3 is 5.32 Å². The molecule has 0 aromatic rings. The summed E-state index contributed by atoms with van der Waals surface area (Å²) in [5, 5.41) is 3.72. The zero-order valence-electron chi connectivity index (χ0n) is 12.5. The first kappa shape index (κ1) is 15.0. The van der Waals surface area contributed by atoms with E-state index >= 15 is 0 Å². The largest absolute Gasteiger partial charge is 0.316 e. The second-order valence-electron chi connectivity index (χ2n) is 6.43. The minimum atomic E-state index is 0.579. The van der Waals surface area contributed by atoms with Crippen LogP contribution in [0.2, 0.25) is 0 Å². The van der Waals surface area contributed by atoms with Gasteiger partial charge in [0.1, 0.15) is 0 Å². The molecule has 0 unspecified atom stereocenters. The van der Waals surface area contributed by atoms with E-state index in [1.165, 1.54) is 58.0 Å². The van der Waals surface area contributed by atoms with Gasteiger partial charge in [-0.1, -0.05) is 47.0 Å². The standard InChI is InChI=1S/C16H33N/c1-5-16(6-2,13-17-12-14(3)4)15-10-8-7-9-11-15/h14-15,17H,5-13H2,1-4H3. The molecule has 0 saturated heterocycles. The van der Waals surface area contributed by atoms with Crippen LogP contribution in [0.5, 0.6) is 0 Å². The second-order valence-corrected chi connectivity index (χ2v) is 6.43. The number of hydrogen-bond donors (Lipinski definition) is 1. The van der Waals surface area contributed by atoms with Crippen LogP contribution >= 0.6 is 0 Å². The van der Waals surface area contributed by atoms with Crippen LogP contribution in [0, 0.1) is 17.3 Å². The lowest BCUT2D eigenvalue weighted by molar-refractivity contribution is 0.101. The van der Waals surface area contributed by atoms with Crippen molar-refractivity contribution >= 4 is 0 Å². The molecule has 1 fully saturated rings. The Balaban J connectivity index is 2.53. The van der Waals surface area contributed by atoms with Gasteiger partial charge in [0.15, 0.2) is 0 Å². The first-order valence-corrected chi connectivity index (χ1v) is 7.85. The Morgan fingerprint density at radius 2 is 1.65 bits per heavy atom. The molecule has 0 aromatic heterocycles. The lowest BCUT2D eigenvalue weighted by atomic mass is 9.65. The van der Waals surface area contributed by atoms with Crippen LogP contribution in [0.3, 0.4) is 0 Å². The first-order valence-electron chi connectivity index (χ1n) is 7.85. The summed E-state index contributed by atoms with van der Waals surface area (Å²) in [6.07, 6.45) is 10.1. The van der Waals surface area contributed by atoms with Crippen molar-refractivity contribution < 1.29 is 0 Å². The van der Waals surface area contributed by atoms with Gasteiger partial charge in [0, 0.05) is 6.54 Å². The van der Waals surface area contributed by atoms with Crippen molar-refractivity contribution in [3.63, 3.8) is 0 Å². The Kier molecular flexibility index (Phi) is 6.54. The molecule has 0 aliphatic heterocycles. The molecule has 0 spiro atoms. The van der Waals surface area contributed by atoms with Gasteiger partial charge in [-0.2, -0.15) is 0 Å². The molecule has 17 heavy (non-hydrogen) atoms. The molecule has 1 N–H and O–H groups in total. The maximum Gasteiger partial charge on any atom is 0.00104 e. The molecule has 1 heteroatoms. The van der Waals surface area contributed by atoms with Crippen LogP contribution in [0.1, 0.15) is 72.6 Å². The van der Waals surface area contributed by atoms with Crippen LogP contribution in [0.4, 0.5) is 0 Å². The molecule has 1 rings (SSSR count). The van der Waals surface area contributed by atoms with E-state index in [9.17, 15) is 0 Å². The number of rotatable bonds is 7. The van der Waals surface area contributed by atoms with Crippen molar-refractivity contribution in [1.82, 2.24) is 5.32 Å². The summed E-state index contributed by atoms with van der Waals surface area (Å²) in [5.74, 6) is 1.75. The number of nitrogens with one attached hydrogen (secondary N) is 1. The minimum Gasteiger partial charge on any atom is -0.316 e. The highest BCUT2D eigenvalue weighted by molar-refractivity contribution is 4.88. The molecule has 0 bridgehead atoms. The summed E-state index contributed by atoms with van der Waals surface area (Å²) in [7, 11) is 0. The fourth-order valence-corrected chi connectivity index (χ4v) is 3.55. The van der Waals surface area contributed by atoms with Crippen molar-refractivity contribution in [1.29, 1.82) is 0 Å². The molecular formula is C16H33N. The highest BCUT2D eigenvalue weighted by Gasteiger charge is 2.35. The van der Waals surface area contributed by atoms with Crippen LogP contribution in [0.15, 0.2) is 0 Å². The van der Waals surface area contributed by atoms with Crippen LogP contribution < -0.4 is 5.32 Å². The Morgan fingerprint density at radius 3 is 2.12 bits per heavy atom. The lowest BCUT2D eigenvalue weighted by Crippen LogP contribution is -2.41. The molecule has 1 aliphatic carbocycles. The van der Waals surface area contributed by atoms with E-state index < -0.39 is 0 Å². The summed E-state index contributed by atoms with van der Waals surface area (Å²) in [6.45, 7) is 11.8. The zero-order chi connectivity index (χ0) is 12.7. The Hall–Kier alpha value is -0.0400. The van der Waals surface area contributed by atoms with Gasteiger partial charge in [-0.3, -0.25) is 0 Å².